The zero-order valence-electron chi connectivity index (χ0n) is 10.3. The van der Waals surface area contributed by atoms with Crippen LogP contribution in [0.1, 0.15) is 21.6 Å². The predicted molar refractivity (Wildman–Crippen MR) is 72.6 cm³/mol. The smallest absolute Gasteiger partial charge is 0.272 e. The summed E-state index contributed by atoms with van der Waals surface area (Å²) >= 11 is 1.33. The molecule has 0 aliphatic heterocycles. The molecular formula is C12H11N3O3S. The van der Waals surface area contributed by atoms with E-state index in [1.807, 2.05) is 12.3 Å². The summed E-state index contributed by atoms with van der Waals surface area (Å²) in [5.41, 5.74) is 1.66. The normalized spacial score (nSPS) is 10.2. The van der Waals surface area contributed by atoms with Crippen molar-refractivity contribution in [3.8, 4) is 0 Å². The lowest BCUT2D eigenvalue weighted by atomic mass is 10.1. The quantitative estimate of drug-likeness (QED) is 0.690. The summed E-state index contributed by atoms with van der Waals surface area (Å²) < 4.78 is 0. The maximum Gasteiger partial charge on any atom is 0.272 e. The molecule has 1 amide bonds. The van der Waals surface area contributed by atoms with Crippen LogP contribution in [0.15, 0.2) is 23.6 Å². The Morgan fingerprint density at radius 1 is 1.42 bits per heavy atom. The number of nitro groups is 1. The van der Waals surface area contributed by atoms with Gasteiger partial charge in [0, 0.05) is 22.6 Å². The van der Waals surface area contributed by atoms with Gasteiger partial charge in [0.15, 0.2) is 5.13 Å². The van der Waals surface area contributed by atoms with Gasteiger partial charge in [0.25, 0.3) is 11.6 Å². The van der Waals surface area contributed by atoms with Gasteiger partial charge in [-0.3, -0.25) is 20.2 Å². The van der Waals surface area contributed by atoms with Crippen LogP contribution in [-0.2, 0) is 0 Å². The topological polar surface area (TPSA) is 85.1 Å². The van der Waals surface area contributed by atoms with Gasteiger partial charge in [-0.25, -0.2) is 4.98 Å². The van der Waals surface area contributed by atoms with Gasteiger partial charge >= 0.3 is 0 Å². The molecule has 6 nitrogen and oxygen atoms in total. The Balaban J connectivity index is 2.20. The Bertz CT molecular complexity index is 651. The number of thiazole rings is 1. The molecule has 19 heavy (non-hydrogen) atoms. The summed E-state index contributed by atoms with van der Waals surface area (Å²) in [6.45, 7) is 3.44. The van der Waals surface area contributed by atoms with Crippen LogP contribution in [0.5, 0.6) is 0 Å². The fourth-order valence-electron chi connectivity index (χ4n) is 1.58. The molecule has 0 radical (unpaired) electrons. The van der Waals surface area contributed by atoms with Gasteiger partial charge in [-0.2, -0.15) is 0 Å². The summed E-state index contributed by atoms with van der Waals surface area (Å²) in [6.07, 6.45) is 0. The van der Waals surface area contributed by atoms with Crippen molar-refractivity contribution in [1.82, 2.24) is 4.98 Å². The molecule has 0 fully saturated rings. The number of aryl methyl sites for hydroxylation is 2. The third-order valence-corrected chi connectivity index (χ3v) is 3.37. The maximum atomic E-state index is 11.9. The lowest BCUT2D eigenvalue weighted by molar-refractivity contribution is -0.385. The molecule has 0 saturated carbocycles. The second-order valence-electron chi connectivity index (χ2n) is 4.01. The van der Waals surface area contributed by atoms with Gasteiger partial charge in [0.05, 0.1) is 10.6 Å². The minimum atomic E-state index is -0.471. The number of nitro benzene ring substituents is 1. The highest BCUT2D eigenvalue weighted by Gasteiger charge is 2.14. The van der Waals surface area contributed by atoms with E-state index in [-0.39, 0.29) is 11.6 Å². The standard InChI is InChI=1S/C12H11N3O3S/c1-7-5-9(3-4-10(7)15(17)18)11(16)14-12-13-8(2)6-19-12/h3-6H,1-2H3,(H,13,14,16). The fourth-order valence-corrected chi connectivity index (χ4v) is 2.27. The minimum Gasteiger partial charge on any atom is -0.298 e. The SMILES string of the molecule is Cc1csc(NC(=O)c2ccc([N+](=O)[O-])c(C)c2)n1. The van der Waals surface area contributed by atoms with Crippen LogP contribution in [0, 0.1) is 24.0 Å². The highest BCUT2D eigenvalue weighted by atomic mass is 32.1. The second-order valence-corrected chi connectivity index (χ2v) is 4.86. The van der Waals surface area contributed by atoms with Crippen molar-refractivity contribution >= 4 is 28.1 Å². The number of carbonyl (C=O) groups excluding carboxylic acids is 1. The number of nitrogens with one attached hydrogen (secondary N) is 1. The molecule has 1 aromatic heterocycles. The summed E-state index contributed by atoms with van der Waals surface area (Å²) in [4.78, 5) is 26.3. The van der Waals surface area contributed by atoms with E-state index in [9.17, 15) is 14.9 Å². The van der Waals surface area contributed by atoms with Crippen molar-refractivity contribution in [2.75, 3.05) is 5.32 Å². The van der Waals surface area contributed by atoms with E-state index < -0.39 is 4.92 Å². The first-order chi connectivity index (χ1) is 8.97. The number of amides is 1. The monoisotopic (exact) mass is 277 g/mol. The second kappa shape index (κ2) is 5.15. The molecule has 7 heteroatoms. The van der Waals surface area contributed by atoms with Crippen LogP contribution < -0.4 is 5.32 Å². The van der Waals surface area contributed by atoms with Gasteiger partial charge in [-0.1, -0.05) is 0 Å². The zero-order chi connectivity index (χ0) is 14.0. The summed E-state index contributed by atoms with van der Waals surface area (Å²) in [5.74, 6) is -0.327. The molecule has 0 bridgehead atoms. The van der Waals surface area contributed by atoms with Crippen LogP contribution in [0.4, 0.5) is 10.8 Å². The number of rotatable bonds is 3. The number of anilines is 1. The van der Waals surface area contributed by atoms with Gasteiger partial charge in [0.1, 0.15) is 0 Å². The maximum absolute atomic E-state index is 11.9. The average Bonchev–Trinajstić information content (AvgIpc) is 2.74. The van der Waals surface area contributed by atoms with Crippen LogP contribution in [0.3, 0.4) is 0 Å². The molecule has 0 aliphatic carbocycles. The van der Waals surface area contributed by atoms with Crippen molar-refractivity contribution in [2.45, 2.75) is 13.8 Å². The molecular weight excluding hydrogens is 266 g/mol. The lowest BCUT2D eigenvalue weighted by Crippen LogP contribution is -2.12. The Labute approximate surface area is 113 Å². The van der Waals surface area contributed by atoms with E-state index in [1.165, 1.54) is 29.5 Å². The molecule has 0 aliphatic rings. The molecule has 1 heterocycles. The molecule has 2 rings (SSSR count). The molecule has 98 valence electrons. The molecule has 1 aromatic carbocycles. The third-order valence-electron chi connectivity index (χ3n) is 2.50. The number of aromatic nitrogens is 1. The fraction of sp³-hybridized carbons (Fsp3) is 0.167. The number of hydrogen-bond acceptors (Lipinski definition) is 5. The van der Waals surface area contributed by atoms with Gasteiger partial charge in [-0.05, 0) is 26.0 Å². The highest BCUT2D eigenvalue weighted by Crippen LogP contribution is 2.20. The molecule has 0 saturated heterocycles. The zero-order valence-corrected chi connectivity index (χ0v) is 11.2. The van der Waals surface area contributed by atoms with Crippen LogP contribution in [0.2, 0.25) is 0 Å². The summed E-state index contributed by atoms with van der Waals surface area (Å²) in [6, 6.07) is 4.26. The average molecular weight is 277 g/mol. The first-order valence-corrected chi connectivity index (χ1v) is 6.34. The number of nitrogens with zero attached hydrogens (tertiary/aromatic N) is 2. The predicted octanol–water partition coefficient (Wildman–Crippen LogP) is 2.92. The number of benzene rings is 1. The highest BCUT2D eigenvalue weighted by molar-refractivity contribution is 7.13. The van der Waals surface area contributed by atoms with Gasteiger partial charge in [-0.15, -0.1) is 11.3 Å². The summed E-state index contributed by atoms with van der Waals surface area (Å²) in [7, 11) is 0. The van der Waals surface area contributed by atoms with Crippen molar-refractivity contribution in [2.24, 2.45) is 0 Å². The van der Waals surface area contributed by atoms with E-state index in [4.69, 9.17) is 0 Å². The first-order valence-electron chi connectivity index (χ1n) is 5.46. The summed E-state index contributed by atoms with van der Waals surface area (Å²) in [5, 5.41) is 15.7. The molecule has 0 spiro atoms. The lowest BCUT2D eigenvalue weighted by Gasteiger charge is -2.03. The van der Waals surface area contributed by atoms with Gasteiger partial charge < -0.3 is 0 Å². The van der Waals surface area contributed by atoms with E-state index >= 15 is 0 Å². The number of carbonyl (C=O) groups is 1. The Kier molecular flexibility index (Phi) is 3.57. The largest absolute Gasteiger partial charge is 0.298 e. The van der Waals surface area contributed by atoms with E-state index in [2.05, 4.69) is 10.3 Å². The third kappa shape index (κ3) is 2.94. The van der Waals surface area contributed by atoms with Crippen molar-refractivity contribution < 1.29 is 9.72 Å². The van der Waals surface area contributed by atoms with Crippen LogP contribution in [0.25, 0.3) is 0 Å². The molecule has 1 N–H and O–H groups in total. The van der Waals surface area contributed by atoms with E-state index in [1.54, 1.807) is 6.92 Å². The molecule has 0 atom stereocenters. The van der Waals surface area contributed by atoms with Crippen molar-refractivity contribution in [3.63, 3.8) is 0 Å². The van der Waals surface area contributed by atoms with Gasteiger partial charge in [0.2, 0.25) is 0 Å². The van der Waals surface area contributed by atoms with Crippen molar-refractivity contribution in [1.29, 1.82) is 0 Å². The Hall–Kier alpha value is -2.28. The number of hydrogen-bond donors (Lipinski definition) is 1. The van der Waals surface area contributed by atoms with Crippen LogP contribution >= 0.6 is 11.3 Å². The first kappa shape index (κ1) is 13.2. The van der Waals surface area contributed by atoms with Crippen LogP contribution in [-0.4, -0.2) is 15.8 Å². The van der Waals surface area contributed by atoms with E-state index in [0.29, 0.717) is 16.3 Å². The molecule has 0 unspecified atom stereocenters. The Morgan fingerprint density at radius 3 is 2.68 bits per heavy atom. The molecule has 2 aromatic rings. The van der Waals surface area contributed by atoms with E-state index in [0.717, 1.165) is 5.69 Å². The van der Waals surface area contributed by atoms with Crippen molar-refractivity contribution in [3.05, 3.63) is 50.5 Å². The Morgan fingerprint density at radius 2 is 2.16 bits per heavy atom. The minimum absolute atomic E-state index is 0.00152.